The van der Waals surface area contributed by atoms with Crippen molar-refractivity contribution < 1.29 is 14.0 Å². The van der Waals surface area contributed by atoms with E-state index < -0.39 is 5.82 Å². The first-order valence-corrected chi connectivity index (χ1v) is 10.7. The molecule has 0 atom stereocenters. The third-order valence-corrected chi connectivity index (χ3v) is 5.65. The lowest BCUT2D eigenvalue weighted by atomic mass is 10.2. The Kier molecular flexibility index (Phi) is 6.17. The fourth-order valence-corrected chi connectivity index (χ4v) is 4.02. The molecule has 1 aliphatic rings. The van der Waals surface area contributed by atoms with Crippen LogP contribution < -0.4 is 10.9 Å². The average Bonchev–Trinajstić information content (AvgIpc) is 3.20. The summed E-state index contributed by atoms with van der Waals surface area (Å²) < 4.78 is 14.6. The number of pyridine rings is 1. The van der Waals surface area contributed by atoms with E-state index in [9.17, 15) is 18.8 Å². The zero-order chi connectivity index (χ0) is 21.8. The van der Waals surface area contributed by atoms with Gasteiger partial charge in [0.2, 0.25) is 5.91 Å². The van der Waals surface area contributed by atoms with Gasteiger partial charge in [-0.25, -0.2) is 9.37 Å². The quantitative estimate of drug-likeness (QED) is 0.651. The highest BCUT2D eigenvalue weighted by Crippen LogP contribution is 2.12. The molecule has 4 heterocycles. The Morgan fingerprint density at radius 2 is 2.06 bits per heavy atom. The molecule has 0 radical (unpaired) electrons. The molecular weight excluding hydrogens is 421 g/mol. The molecule has 8 nitrogen and oxygen atoms in total. The van der Waals surface area contributed by atoms with Crippen molar-refractivity contribution in [1.29, 1.82) is 0 Å². The Balaban J connectivity index is 1.47. The van der Waals surface area contributed by atoms with Crippen LogP contribution in [0.2, 0.25) is 0 Å². The molecule has 3 aromatic rings. The van der Waals surface area contributed by atoms with Crippen LogP contribution in [0.5, 0.6) is 0 Å². The van der Waals surface area contributed by atoms with Crippen molar-refractivity contribution in [3.8, 4) is 0 Å². The van der Waals surface area contributed by atoms with E-state index in [0.717, 1.165) is 6.20 Å². The number of hydrogen-bond acceptors (Lipinski definition) is 6. The highest BCUT2D eigenvalue weighted by molar-refractivity contribution is 7.08. The molecular formula is C21H20FN5O3S. The Labute approximate surface area is 181 Å². The number of amides is 2. The summed E-state index contributed by atoms with van der Waals surface area (Å²) in [4.78, 5) is 47.6. The van der Waals surface area contributed by atoms with E-state index in [0.29, 0.717) is 42.3 Å². The number of rotatable bonds is 5. The fourth-order valence-electron chi connectivity index (χ4n) is 3.38. The third-order valence-electron chi connectivity index (χ3n) is 4.97. The molecule has 0 unspecified atom stereocenters. The van der Waals surface area contributed by atoms with Crippen molar-refractivity contribution in [3.05, 3.63) is 80.2 Å². The molecule has 10 heteroatoms. The van der Waals surface area contributed by atoms with Gasteiger partial charge in [0.25, 0.3) is 11.5 Å². The van der Waals surface area contributed by atoms with Crippen molar-refractivity contribution in [3.63, 3.8) is 0 Å². The van der Waals surface area contributed by atoms with Gasteiger partial charge in [-0.05, 0) is 30.0 Å². The van der Waals surface area contributed by atoms with Crippen molar-refractivity contribution >= 4 is 23.2 Å². The zero-order valence-electron chi connectivity index (χ0n) is 16.6. The normalized spacial score (nSPS) is 13.4. The lowest BCUT2D eigenvalue weighted by molar-refractivity contribution is -0.131. The number of fused-ring (bicyclic) bond motifs is 1. The Hall–Kier alpha value is -3.40. The maximum atomic E-state index is 13.0. The second kappa shape index (κ2) is 9.17. The molecule has 160 valence electrons. The number of nitrogens with one attached hydrogen (secondary N) is 1. The molecule has 0 saturated heterocycles. The smallest absolute Gasteiger partial charge is 0.253 e. The number of thiophene rings is 1. The van der Waals surface area contributed by atoms with E-state index in [2.05, 4.69) is 15.3 Å². The molecule has 1 N–H and O–H groups in total. The van der Waals surface area contributed by atoms with Gasteiger partial charge in [0.05, 0.1) is 31.4 Å². The number of hydrogen-bond donors (Lipinski definition) is 1. The molecule has 4 rings (SSSR count). The van der Waals surface area contributed by atoms with Gasteiger partial charge in [0, 0.05) is 35.8 Å². The van der Waals surface area contributed by atoms with Crippen molar-refractivity contribution in [2.45, 2.75) is 32.5 Å². The minimum Gasteiger partial charge on any atom is -0.346 e. The van der Waals surface area contributed by atoms with Crippen LogP contribution in [0.3, 0.4) is 0 Å². The maximum absolute atomic E-state index is 13.0. The van der Waals surface area contributed by atoms with Gasteiger partial charge in [-0.15, -0.1) is 0 Å². The van der Waals surface area contributed by atoms with Crippen LogP contribution in [0, 0.1) is 5.82 Å². The van der Waals surface area contributed by atoms with E-state index >= 15 is 0 Å². The number of aromatic nitrogens is 3. The Morgan fingerprint density at radius 1 is 1.19 bits per heavy atom. The molecule has 0 aliphatic carbocycles. The standard InChI is InChI=1S/C21H20FN5O3S/c22-15-2-3-16(23-10-15)8-19(28)26-5-1-6-27-18(12-26)25-17(9-20(27)29)11-24-21(30)14-4-7-31-13-14/h2-4,7,9-10,13H,1,5-6,8,11-12H2,(H,24,30). The first kappa shape index (κ1) is 20.9. The summed E-state index contributed by atoms with van der Waals surface area (Å²) in [5, 5.41) is 6.32. The Bertz CT molecular complexity index is 1140. The first-order chi connectivity index (χ1) is 15.0. The topological polar surface area (TPSA) is 97.2 Å². The molecule has 1 aliphatic heterocycles. The third kappa shape index (κ3) is 5.02. The SMILES string of the molecule is O=C(NCc1cc(=O)n2c(n1)CN(C(=O)Cc1ccc(F)cn1)CCC2)c1ccsc1. The summed E-state index contributed by atoms with van der Waals surface area (Å²) in [5.74, 6) is -0.382. The number of carbonyl (C=O) groups excluding carboxylic acids is 2. The molecule has 2 amide bonds. The van der Waals surface area contributed by atoms with Crippen molar-refractivity contribution in [2.24, 2.45) is 0 Å². The predicted octanol–water partition coefficient (Wildman–Crippen LogP) is 1.74. The molecule has 0 saturated carbocycles. The second-order valence-corrected chi connectivity index (χ2v) is 7.94. The van der Waals surface area contributed by atoms with E-state index in [1.165, 1.54) is 29.5 Å². The largest absolute Gasteiger partial charge is 0.346 e. The van der Waals surface area contributed by atoms with Gasteiger partial charge in [0.15, 0.2) is 0 Å². The number of carbonyl (C=O) groups is 2. The van der Waals surface area contributed by atoms with Gasteiger partial charge < -0.3 is 10.2 Å². The van der Waals surface area contributed by atoms with Crippen LogP contribution >= 0.6 is 11.3 Å². The maximum Gasteiger partial charge on any atom is 0.253 e. The predicted molar refractivity (Wildman–Crippen MR) is 112 cm³/mol. The van der Waals surface area contributed by atoms with Gasteiger partial charge in [-0.1, -0.05) is 0 Å². The van der Waals surface area contributed by atoms with Gasteiger partial charge in [-0.3, -0.25) is 23.9 Å². The van der Waals surface area contributed by atoms with Crippen LogP contribution in [0.1, 0.15) is 34.0 Å². The highest BCUT2D eigenvalue weighted by Gasteiger charge is 2.22. The Morgan fingerprint density at radius 3 is 2.81 bits per heavy atom. The van der Waals surface area contributed by atoms with Crippen molar-refractivity contribution in [2.75, 3.05) is 6.54 Å². The summed E-state index contributed by atoms with van der Waals surface area (Å²) in [6.45, 7) is 1.24. The zero-order valence-corrected chi connectivity index (χ0v) is 17.4. The molecule has 3 aromatic heterocycles. The summed E-state index contributed by atoms with van der Waals surface area (Å²) in [6, 6.07) is 5.89. The molecule has 0 spiro atoms. The lowest BCUT2D eigenvalue weighted by Crippen LogP contribution is -2.34. The lowest BCUT2D eigenvalue weighted by Gasteiger charge is -2.20. The molecule has 31 heavy (non-hydrogen) atoms. The minimum absolute atomic E-state index is 0.0426. The van der Waals surface area contributed by atoms with Crippen molar-refractivity contribution in [1.82, 2.24) is 24.8 Å². The summed E-state index contributed by atoms with van der Waals surface area (Å²) >= 11 is 1.43. The summed E-state index contributed by atoms with van der Waals surface area (Å²) in [7, 11) is 0. The van der Waals surface area contributed by atoms with E-state index in [1.807, 2.05) is 5.38 Å². The van der Waals surface area contributed by atoms with E-state index in [4.69, 9.17) is 0 Å². The average molecular weight is 441 g/mol. The van der Waals surface area contributed by atoms with Crippen LogP contribution in [-0.2, 0) is 30.8 Å². The van der Waals surface area contributed by atoms with E-state index in [-0.39, 0.29) is 36.9 Å². The monoisotopic (exact) mass is 441 g/mol. The van der Waals surface area contributed by atoms with Crippen LogP contribution in [0.4, 0.5) is 4.39 Å². The van der Waals surface area contributed by atoms with Gasteiger partial charge >= 0.3 is 0 Å². The van der Waals surface area contributed by atoms with Gasteiger partial charge in [-0.2, -0.15) is 11.3 Å². The second-order valence-electron chi connectivity index (χ2n) is 7.16. The number of nitrogens with zero attached hydrogens (tertiary/aromatic N) is 4. The van der Waals surface area contributed by atoms with Gasteiger partial charge in [0.1, 0.15) is 11.6 Å². The fraction of sp³-hybridized carbons (Fsp3) is 0.286. The van der Waals surface area contributed by atoms with Crippen LogP contribution in [0.25, 0.3) is 0 Å². The molecule has 0 fully saturated rings. The summed E-state index contributed by atoms with van der Waals surface area (Å²) in [6.07, 6.45) is 1.74. The minimum atomic E-state index is -0.456. The molecule has 0 aromatic carbocycles. The van der Waals surface area contributed by atoms with E-state index in [1.54, 1.807) is 20.9 Å². The number of halogens is 1. The van der Waals surface area contributed by atoms with Crippen LogP contribution in [-0.4, -0.2) is 37.8 Å². The van der Waals surface area contributed by atoms with Crippen LogP contribution in [0.15, 0.2) is 46.0 Å². The first-order valence-electron chi connectivity index (χ1n) is 9.78. The summed E-state index contributed by atoms with van der Waals surface area (Å²) in [5.41, 5.74) is 1.27. The molecule has 0 bridgehead atoms. The highest BCUT2D eigenvalue weighted by atomic mass is 32.1.